The fourth-order valence-corrected chi connectivity index (χ4v) is 0.927. The summed E-state index contributed by atoms with van der Waals surface area (Å²) in [5, 5.41) is 8.72. The SMILES string of the molecule is C#CCCOc1ncc(C(=O)O)c(C)n1. The van der Waals surface area contributed by atoms with E-state index in [0.29, 0.717) is 18.7 Å². The standard InChI is InChI=1S/C10H10N2O3/c1-3-4-5-15-10-11-6-8(9(13)14)7(2)12-10/h1,6H,4-5H2,2H3,(H,13,14). The molecule has 0 aromatic carbocycles. The smallest absolute Gasteiger partial charge is 0.339 e. The minimum Gasteiger partial charge on any atom is -0.478 e. The van der Waals surface area contributed by atoms with Gasteiger partial charge in [-0.3, -0.25) is 0 Å². The van der Waals surface area contributed by atoms with Gasteiger partial charge in [-0.25, -0.2) is 9.78 Å². The maximum atomic E-state index is 10.6. The maximum Gasteiger partial charge on any atom is 0.339 e. The molecule has 0 aliphatic rings. The molecular formula is C10H10N2O3. The molecule has 0 amide bonds. The topological polar surface area (TPSA) is 72.3 Å². The van der Waals surface area contributed by atoms with Crippen molar-refractivity contribution in [3.63, 3.8) is 0 Å². The fraction of sp³-hybridized carbons (Fsp3) is 0.300. The number of carbonyl (C=O) groups is 1. The number of terminal acetylenes is 1. The summed E-state index contributed by atoms with van der Waals surface area (Å²) >= 11 is 0. The van der Waals surface area contributed by atoms with Crippen LogP contribution in [0, 0.1) is 19.3 Å². The Labute approximate surface area is 87.1 Å². The Morgan fingerprint density at radius 3 is 3.00 bits per heavy atom. The van der Waals surface area contributed by atoms with Gasteiger partial charge in [0.25, 0.3) is 0 Å². The number of rotatable bonds is 4. The van der Waals surface area contributed by atoms with Gasteiger partial charge in [0, 0.05) is 12.6 Å². The zero-order chi connectivity index (χ0) is 11.3. The molecule has 0 unspecified atom stereocenters. The summed E-state index contributed by atoms with van der Waals surface area (Å²) < 4.78 is 5.10. The molecule has 0 bridgehead atoms. The number of carboxylic acids is 1. The summed E-state index contributed by atoms with van der Waals surface area (Å²) in [6.07, 6.45) is 6.72. The quantitative estimate of drug-likeness (QED) is 0.585. The lowest BCUT2D eigenvalue weighted by molar-refractivity contribution is 0.0695. The lowest BCUT2D eigenvalue weighted by Gasteiger charge is -2.03. The van der Waals surface area contributed by atoms with Crippen molar-refractivity contribution in [3.8, 4) is 18.4 Å². The van der Waals surface area contributed by atoms with E-state index in [2.05, 4.69) is 15.9 Å². The highest BCUT2D eigenvalue weighted by Crippen LogP contribution is 2.08. The van der Waals surface area contributed by atoms with Crippen molar-refractivity contribution in [2.24, 2.45) is 0 Å². The van der Waals surface area contributed by atoms with Gasteiger partial charge < -0.3 is 9.84 Å². The summed E-state index contributed by atoms with van der Waals surface area (Å²) in [5.41, 5.74) is 0.438. The number of ether oxygens (including phenoxy) is 1. The van der Waals surface area contributed by atoms with E-state index in [-0.39, 0.29) is 11.6 Å². The molecule has 1 heterocycles. The Balaban J connectivity index is 2.74. The van der Waals surface area contributed by atoms with Crippen LogP contribution in [0.25, 0.3) is 0 Å². The van der Waals surface area contributed by atoms with E-state index in [4.69, 9.17) is 16.3 Å². The highest BCUT2D eigenvalue weighted by molar-refractivity contribution is 5.88. The van der Waals surface area contributed by atoms with Crippen LogP contribution in [0.1, 0.15) is 22.5 Å². The van der Waals surface area contributed by atoms with Crippen LogP contribution in [0.2, 0.25) is 0 Å². The van der Waals surface area contributed by atoms with Gasteiger partial charge in [0.2, 0.25) is 0 Å². The van der Waals surface area contributed by atoms with Crippen LogP contribution in [0.5, 0.6) is 6.01 Å². The number of hydrogen-bond donors (Lipinski definition) is 1. The third-order valence-corrected chi connectivity index (χ3v) is 1.67. The predicted molar refractivity (Wildman–Crippen MR) is 52.7 cm³/mol. The molecule has 0 aliphatic carbocycles. The summed E-state index contributed by atoms with van der Waals surface area (Å²) in [4.78, 5) is 18.3. The van der Waals surface area contributed by atoms with Crippen molar-refractivity contribution in [1.82, 2.24) is 9.97 Å². The first-order valence-electron chi connectivity index (χ1n) is 4.28. The number of carboxylic acid groups (broad SMARTS) is 1. The normalized spacial score (nSPS) is 9.33. The zero-order valence-corrected chi connectivity index (χ0v) is 8.23. The first-order chi connectivity index (χ1) is 7.15. The molecule has 5 nitrogen and oxygen atoms in total. The first-order valence-corrected chi connectivity index (χ1v) is 4.28. The molecule has 15 heavy (non-hydrogen) atoms. The van der Waals surface area contributed by atoms with E-state index >= 15 is 0 Å². The highest BCUT2D eigenvalue weighted by Gasteiger charge is 2.09. The van der Waals surface area contributed by atoms with Crippen LogP contribution < -0.4 is 4.74 Å². The van der Waals surface area contributed by atoms with Crippen LogP contribution in [-0.4, -0.2) is 27.7 Å². The molecule has 1 N–H and O–H groups in total. The number of aromatic carboxylic acids is 1. The molecule has 0 aliphatic heterocycles. The lowest BCUT2D eigenvalue weighted by atomic mass is 10.2. The van der Waals surface area contributed by atoms with Crippen LogP contribution in [0.15, 0.2) is 6.20 Å². The van der Waals surface area contributed by atoms with Crippen molar-refractivity contribution >= 4 is 5.97 Å². The second-order valence-electron chi connectivity index (χ2n) is 2.76. The van der Waals surface area contributed by atoms with Crippen LogP contribution >= 0.6 is 0 Å². The molecular weight excluding hydrogens is 196 g/mol. The minimum atomic E-state index is -1.05. The number of aryl methyl sites for hydroxylation is 1. The van der Waals surface area contributed by atoms with Gasteiger partial charge in [0.1, 0.15) is 6.61 Å². The second kappa shape index (κ2) is 4.96. The van der Waals surface area contributed by atoms with Gasteiger partial charge in [-0.15, -0.1) is 12.3 Å². The third-order valence-electron chi connectivity index (χ3n) is 1.67. The monoisotopic (exact) mass is 206 g/mol. The van der Waals surface area contributed by atoms with Crippen LogP contribution in [0.4, 0.5) is 0 Å². The largest absolute Gasteiger partial charge is 0.478 e. The van der Waals surface area contributed by atoms with Crippen molar-refractivity contribution in [3.05, 3.63) is 17.5 Å². The maximum absolute atomic E-state index is 10.6. The van der Waals surface area contributed by atoms with Gasteiger partial charge in [0.05, 0.1) is 11.3 Å². The van der Waals surface area contributed by atoms with Gasteiger partial charge >= 0.3 is 12.0 Å². The first kappa shape index (κ1) is 11.0. The molecule has 0 saturated heterocycles. The summed E-state index contributed by atoms with van der Waals surface area (Å²) in [6, 6.07) is 0.146. The van der Waals surface area contributed by atoms with Crippen molar-refractivity contribution in [2.45, 2.75) is 13.3 Å². The summed E-state index contributed by atoms with van der Waals surface area (Å²) in [7, 11) is 0. The van der Waals surface area contributed by atoms with E-state index in [0.717, 1.165) is 0 Å². The molecule has 0 fully saturated rings. The lowest BCUT2D eigenvalue weighted by Crippen LogP contribution is -2.06. The highest BCUT2D eigenvalue weighted by atomic mass is 16.5. The van der Waals surface area contributed by atoms with Crippen molar-refractivity contribution in [2.75, 3.05) is 6.61 Å². The van der Waals surface area contributed by atoms with Gasteiger partial charge in [-0.05, 0) is 6.92 Å². The van der Waals surface area contributed by atoms with Gasteiger partial charge in [-0.2, -0.15) is 4.98 Å². The van der Waals surface area contributed by atoms with Crippen molar-refractivity contribution in [1.29, 1.82) is 0 Å². The molecule has 0 atom stereocenters. The Hall–Kier alpha value is -2.09. The number of hydrogen-bond acceptors (Lipinski definition) is 4. The average molecular weight is 206 g/mol. The molecule has 1 aromatic heterocycles. The van der Waals surface area contributed by atoms with E-state index in [1.807, 2.05) is 0 Å². The molecule has 0 radical (unpaired) electrons. The molecule has 0 spiro atoms. The Morgan fingerprint density at radius 1 is 1.73 bits per heavy atom. The Morgan fingerprint density at radius 2 is 2.47 bits per heavy atom. The van der Waals surface area contributed by atoms with Crippen molar-refractivity contribution < 1.29 is 14.6 Å². The van der Waals surface area contributed by atoms with E-state index < -0.39 is 5.97 Å². The molecule has 78 valence electrons. The number of aromatic nitrogens is 2. The summed E-state index contributed by atoms with van der Waals surface area (Å²) in [5.74, 6) is 1.35. The third kappa shape index (κ3) is 2.95. The second-order valence-corrected chi connectivity index (χ2v) is 2.76. The Bertz CT molecular complexity index is 410. The minimum absolute atomic E-state index is 0.0688. The summed E-state index contributed by atoms with van der Waals surface area (Å²) in [6.45, 7) is 1.90. The van der Waals surface area contributed by atoms with Crippen LogP contribution in [-0.2, 0) is 0 Å². The predicted octanol–water partition coefficient (Wildman–Crippen LogP) is 0.885. The van der Waals surface area contributed by atoms with E-state index in [1.54, 1.807) is 6.92 Å². The number of nitrogens with zero attached hydrogens (tertiary/aromatic N) is 2. The fourth-order valence-electron chi connectivity index (χ4n) is 0.927. The van der Waals surface area contributed by atoms with E-state index in [9.17, 15) is 4.79 Å². The molecule has 1 aromatic rings. The molecule has 5 heteroatoms. The molecule has 0 saturated carbocycles. The zero-order valence-electron chi connectivity index (χ0n) is 8.23. The van der Waals surface area contributed by atoms with E-state index in [1.165, 1.54) is 6.20 Å². The average Bonchev–Trinajstić information content (AvgIpc) is 2.17. The van der Waals surface area contributed by atoms with Crippen LogP contribution in [0.3, 0.4) is 0 Å². The van der Waals surface area contributed by atoms with Gasteiger partial charge in [-0.1, -0.05) is 0 Å². The van der Waals surface area contributed by atoms with Gasteiger partial charge in [0.15, 0.2) is 0 Å². The Kier molecular flexibility index (Phi) is 3.63. The molecule has 1 rings (SSSR count).